The summed E-state index contributed by atoms with van der Waals surface area (Å²) in [5.41, 5.74) is 5.30. The van der Waals surface area contributed by atoms with E-state index in [1.807, 2.05) is 20.8 Å². The van der Waals surface area contributed by atoms with Gasteiger partial charge in [-0.05, 0) is 20.8 Å². The minimum absolute atomic E-state index is 0.0412. The zero-order chi connectivity index (χ0) is 11.9. The number of amides is 1. The molecule has 0 aliphatic heterocycles. The fourth-order valence-corrected chi connectivity index (χ4v) is 0.816. The lowest BCUT2D eigenvalue weighted by Gasteiger charge is -2.30. The first-order valence-electron chi connectivity index (χ1n) is 5.03. The van der Waals surface area contributed by atoms with Crippen molar-refractivity contribution in [1.82, 2.24) is 5.32 Å². The molecule has 15 heavy (non-hydrogen) atoms. The molecule has 0 bridgehead atoms. The first-order valence-corrected chi connectivity index (χ1v) is 5.03. The van der Waals surface area contributed by atoms with Crippen molar-refractivity contribution in [2.75, 3.05) is 26.9 Å². The van der Waals surface area contributed by atoms with Crippen molar-refractivity contribution in [2.24, 2.45) is 5.73 Å². The van der Waals surface area contributed by atoms with E-state index in [1.54, 1.807) is 7.11 Å². The average molecular weight is 218 g/mol. The summed E-state index contributed by atoms with van der Waals surface area (Å²) in [5.74, 6) is -0.159. The fraction of sp³-hybridized carbons (Fsp3) is 0.900. The highest BCUT2D eigenvalue weighted by atomic mass is 16.5. The maximum absolute atomic E-state index is 11.4. The smallest absolute Gasteiger partial charge is 0.246 e. The quantitative estimate of drug-likeness (QED) is 0.585. The van der Waals surface area contributed by atoms with Crippen molar-refractivity contribution in [3.63, 3.8) is 0 Å². The molecule has 0 aliphatic carbocycles. The Labute approximate surface area is 91.3 Å². The first kappa shape index (κ1) is 14.3. The lowest BCUT2D eigenvalue weighted by Crippen LogP contribution is -2.55. The van der Waals surface area contributed by atoms with Crippen molar-refractivity contribution in [3.05, 3.63) is 0 Å². The van der Waals surface area contributed by atoms with Crippen LogP contribution in [0.2, 0.25) is 0 Å². The highest BCUT2D eigenvalue weighted by molar-refractivity contribution is 5.78. The molecule has 3 N–H and O–H groups in total. The number of nitrogens with one attached hydrogen (secondary N) is 1. The third-order valence-corrected chi connectivity index (χ3v) is 2.26. The van der Waals surface area contributed by atoms with E-state index in [0.717, 1.165) is 0 Å². The van der Waals surface area contributed by atoms with Gasteiger partial charge in [-0.2, -0.15) is 0 Å². The van der Waals surface area contributed by atoms with Crippen LogP contribution in [-0.2, 0) is 14.3 Å². The summed E-state index contributed by atoms with van der Waals surface area (Å²) in [7, 11) is 1.59. The molecular weight excluding hydrogens is 196 g/mol. The fourth-order valence-electron chi connectivity index (χ4n) is 0.816. The molecule has 1 amide bonds. The van der Waals surface area contributed by atoms with Crippen LogP contribution < -0.4 is 11.1 Å². The maximum Gasteiger partial charge on any atom is 0.246 e. The largest absolute Gasteiger partial charge is 0.382 e. The topological polar surface area (TPSA) is 73.6 Å². The van der Waals surface area contributed by atoms with E-state index >= 15 is 0 Å². The number of rotatable bonds is 7. The van der Waals surface area contributed by atoms with Gasteiger partial charge in [-0.3, -0.25) is 4.79 Å². The standard InChI is InChI=1S/C10H22N2O3/c1-8(11)10(2,3)12-9(13)7-15-6-5-14-4/h8H,5-7,11H2,1-4H3,(H,12,13). The summed E-state index contributed by atoms with van der Waals surface area (Å²) in [4.78, 5) is 11.4. The van der Waals surface area contributed by atoms with Gasteiger partial charge in [-0.1, -0.05) is 0 Å². The first-order chi connectivity index (χ1) is 6.90. The predicted octanol–water partition coefficient (Wildman–Crippen LogP) is -0.109. The summed E-state index contributed by atoms with van der Waals surface area (Å²) in [6, 6.07) is -0.111. The molecular formula is C10H22N2O3. The minimum atomic E-state index is -0.415. The monoisotopic (exact) mass is 218 g/mol. The average Bonchev–Trinajstić information content (AvgIpc) is 2.11. The number of carbonyl (C=O) groups is 1. The lowest BCUT2D eigenvalue weighted by atomic mass is 9.97. The number of ether oxygens (including phenoxy) is 2. The van der Waals surface area contributed by atoms with E-state index in [-0.39, 0.29) is 18.6 Å². The molecule has 0 aliphatic rings. The molecule has 0 spiro atoms. The van der Waals surface area contributed by atoms with Crippen molar-refractivity contribution in [3.8, 4) is 0 Å². The van der Waals surface area contributed by atoms with Crippen LogP contribution in [-0.4, -0.2) is 44.4 Å². The zero-order valence-electron chi connectivity index (χ0n) is 10.0. The highest BCUT2D eigenvalue weighted by Gasteiger charge is 2.24. The molecule has 0 heterocycles. The summed E-state index contributed by atoms with van der Waals surface area (Å²) in [6.45, 7) is 6.56. The van der Waals surface area contributed by atoms with E-state index in [4.69, 9.17) is 15.2 Å². The van der Waals surface area contributed by atoms with E-state index < -0.39 is 5.54 Å². The summed E-state index contributed by atoms with van der Waals surface area (Å²) >= 11 is 0. The molecule has 1 unspecified atom stereocenters. The van der Waals surface area contributed by atoms with Crippen LogP contribution in [0.1, 0.15) is 20.8 Å². The molecule has 0 saturated heterocycles. The van der Waals surface area contributed by atoms with Crippen LogP contribution in [0.3, 0.4) is 0 Å². The molecule has 0 rings (SSSR count). The molecule has 5 nitrogen and oxygen atoms in total. The molecule has 1 atom stereocenters. The summed E-state index contributed by atoms with van der Waals surface area (Å²) in [5, 5.41) is 2.80. The minimum Gasteiger partial charge on any atom is -0.382 e. The Kier molecular flexibility index (Phi) is 6.47. The Morgan fingerprint density at radius 2 is 2.07 bits per heavy atom. The van der Waals surface area contributed by atoms with Gasteiger partial charge in [0.2, 0.25) is 5.91 Å². The highest BCUT2D eigenvalue weighted by Crippen LogP contribution is 2.05. The van der Waals surface area contributed by atoms with Crippen LogP contribution in [0.25, 0.3) is 0 Å². The van der Waals surface area contributed by atoms with Crippen molar-refractivity contribution >= 4 is 5.91 Å². The molecule has 0 fully saturated rings. The summed E-state index contributed by atoms with van der Waals surface area (Å²) < 4.78 is 9.87. The Morgan fingerprint density at radius 1 is 1.47 bits per heavy atom. The molecule has 0 radical (unpaired) electrons. The van der Waals surface area contributed by atoms with Gasteiger partial charge in [-0.15, -0.1) is 0 Å². The number of hydrogen-bond acceptors (Lipinski definition) is 4. The molecule has 90 valence electrons. The van der Waals surface area contributed by atoms with E-state index in [0.29, 0.717) is 13.2 Å². The van der Waals surface area contributed by atoms with E-state index in [1.165, 1.54) is 0 Å². The van der Waals surface area contributed by atoms with Gasteiger partial charge in [0.05, 0.1) is 13.2 Å². The lowest BCUT2D eigenvalue weighted by molar-refractivity contribution is -0.127. The maximum atomic E-state index is 11.4. The Morgan fingerprint density at radius 3 is 2.53 bits per heavy atom. The molecule has 0 aromatic heterocycles. The Balaban J connectivity index is 3.74. The number of methoxy groups -OCH3 is 1. The predicted molar refractivity (Wildman–Crippen MR) is 58.6 cm³/mol. The Bertz CT molecular complexity index is 193. The summed E-state index contributed by atoms with van der Waals surface area (Å²) in [6.07, 6.45) is 0. The van der Waals surface area contributed by atoms with Gasteiger partial charge >= 0.3 is 0 Å². The van der Waals surface area contributed by atoms with Gasteiger partial charge < -0.3 is 20.5 Å². The molecule has 5 heteroatoms. The van der Waals surface area contributed by atoms with Gasteiger partial charge in [0, 0.05) is 18.7 Å². The molecule has 0 aromatic carbocycles. The second kappa shape index (κ2) is 6.76. The third-order valence-electron chi connectivity index (χ3n) is 2.26. The van der Waals surface area contributed by atoms with Gasteiger partial charge in [0.15, 0.2) is 0 Å². The third kappa shape index (κ3) is 6.43. The van der Waals surface area contributed by atoms with Crippen molar-refractivity contribution in [1.29, 1.82) is 0 Å². The second-order valence-corrected chi connectivity index (χ2v) is 4.10. The molecule has 0 saturated carbocycles. The van der Waals surface area contributed by atoms with Crippen LogP contribution in [0.15, 0.2) is 0 Å². The van der Waals surface area contributed by atoms with Crippen LogP contribution in [0.5, 0.6) is 0 Å². The van der Waals surface area contributed by atoms with E-state index in [2.05, 4.69) is 5.32 Å². The zero-order valence-corrected chi connectivity index (χ0v) is 10.0. The Hall–Kier alpha value is -0.650. The number of nitrogens with two attached hydrogens (primary N) is 1. The van der Waals surface area contributed by atoms with Gasteiger partial charge in [0.25, 0.3) is 0 Å². The number of carbonyl (C=O) groups excluding carboxylic acids is 1. The van der Waals surface area contributed by atoms with Crippen molar-refractivity contribution < 1.29 is 14.3 Å². The molecule has 0 aromatic rings. The van der Waals surface area contributed by atoms with Crippen LogP contribution in [0, 0.1) is 0 Å². The van der Waals surface area contributed by atoms with E-state index in [9.17, 15) is 4.79 Å². The second-order valence-electron chi connectivity index (χ2n) is 4.10. The van der Waals surface area contributed by atoms with Crippen LogP contribution >= 0.6 is 0 Å². The van der Waals surface area contributed by atoms with Crippen LogP contribution in [0.4, 0.5) is 0 Å². The SMILES string of the molecule is COCCOCC(=O)NC(C)(C)C(C)N. The number of hydrogen-bond donors (Lipinski definition) is 2. The van der Waals surface area contributed by atoms with Gasteiger partial charge in [-0.25, -0.2) is 0 Å². The van der Waals surface area contributed by atoms with Gasteiger partial charge in [0.1, 0.15) is 6.61 Å². The normalized spacial score (nSPS) is 13.7. The van der Waals surface area contributed by atoms with Crippen molar-refractivity contribution in [2.45, 2.75) is 32.4 Å².